The van der Waals surface area contributed by atoms with Gasteiger partial charge in [0, 0.05) is 36.8 Å². The highest BCUT2D eigenvalue weighted by Gasteiger charge is 2.32. The lowest BCUT2D eigenvalue weighted by atomic mass is 9.79. The summed E-state index contributed by atoms with van der Waals surface area (Å²) in [5.74, 6) is -0.638. The van der Waals surface area contributed by atoms with Crippen LogP contribution in [0.3, 0.4) is 0 Å². The molecule has 1 atom stereocenters. The van der Waals surface area contributed by atoms with E-state index in [1.807, 2.05) is 0 Å². The maximum absolute atomic E-state index is 12.9. The number of carboxylic acid groups (broad SMARTS) is 1. The summed E-state index contributed by atoms with van der Waals surface area (Å²) < 4.78 is 5.93. The van der Waals surface area contributed by atoms with Crippen LogP contribution in [0.25, 0.3) is 0 Å². The molecule has 0 bridgehead atoms. The Labute approximate surface area is 217 Å². The molecule has 0 aliphatic heterocycles. The van der Waals surface area contributed by atoms with Gasteiger partial charge in [-0.25, -0.2) is 4.79 Å². The lowest BCUT2D eigenvalue weighted by Gasteiger charge is -2.35. The first-order valence-electron chi connectivity index (χ1n) is 13.2. The molecule has 0 spiro atoms. The minimum Gasteiger partial charge on any atom is -0.480 e. The smallest absolute Gasteiger partial charge is 0.326 e. The number of halogens is 1. The molecule has 2 aromatic rings. The summed E-state index contributed by atoms with van der Waals surface area (Å²) >= 11 is 6.24. The maximum atomic E-state index is 12.9. The van der Waals surface area contributed by atoms with Gasteiger partial charge in [0.1, 0.15) is 6.04 Å². The molecule has 2 heterocycles. The molecule has 5 rings (SSSR count). The van der Waals surface area contributed by atoms with E-state index in [1.165, 1.54) is 36.0 Å². The topological polar surface area (TPSA) is 101 Å². The Kier molecular flexibility index (Phi) is 7.87. The molecule has 0 radical (unpaired) electrons. The Bertz CT molecular complexity index is 1110. The number of ether oxygens (including phenoxy) is 1. The molecular formula is C28H34ClN3O4. The third-order valence-electron chi connectivity index (χ3n) is 7.77. The number of aromatic nitrogens is 2. The van der Waals surface area contributed by atoms with E-state index < -0.39 is 17.9 Å². The van der Waals surface area contributed by atoms with Crippen LogP contribution < -0.4 is 5.32 Å². The van der Waals surface area contributed by atoms with Gasteiger partial charge in [-0.15, -0.1) is 0 Å². The van der Waals surface area contributed by atoms with Crippen LogP contribution in [0.4, 0.5) is 0 Å². The van der Waals surface area contributed by atoms with Gasteiger partial charge in [0.05, 0.1) is 16.7 Å². The van der Waals surface area contributed by atoms with Crippen LogP contribution >= 0.6 is 11.6 Å². The number of aliphatic carboxylic acids is 1. The van der Waals surface area contributed by atoms with Gasteiger partial charge in [-0.05, 0) is 93.2 Å². The number of carbonyl (C=O) groups excluding carboxylic acids is 1. The molecule has 0 aromatic carbocycles. The number of hydrogen-bond acceptors (Lipinski definition) is 5. The van der Waals surface area contributed by atoms with Crippen LogP contribution in [0.5, 0.6) is 0 Å². The van der Waals surface area contributed by atoms with Crippen LogP contribution in [0, 0.1) is 5.92 Å². The van der Waals surface area contributed by atoms with E-state index in [1.54, 1.807) is 6.20 Å². The van der Waals surface area contributed by atoms with Gasteiger partial charge in [-0.3, -0.25) is 14.8 Å². The van der Waals surface area contributed by atoms with Crippen LogP contribution in [0.1, 0.15) is 90.2 Å². The lowest BCUT2D eigenvalue weighted by Crippen LogP contribution is -2.42. The van der Waals surface area contributed by atoms with Crippen molar-refractivity contribution in [2.24, 2.45) is 5.92 Å². The predicted molar refractivity (Wildman–Crippen MR) is 136 cm³/mol. The highest BCUT2D eigenvalue weighted by molar-refractivity contribution is 6.34. The van der Waals surface area contributed by atoms with Crippen molar-refractivity contribution >= 4 is 23.5 Å². The summed E-state index contributed by atoms with van der Waals surface area (Å²) in [4.78, 5) is 33.6. The number of hydrogen-bond donors (Lipinski definition) is 2. The second-order valence-corrected chi connectivity index (χ2v) is 10.9. The zero-order valence-corrected chi connectivity index (χ0v) is 21.3. The van der Waals surface area contributed by atoms with Crippen molar-refractivity contribution < 1.29 is 19.4 Å². The largest absolute Gasteiger partial charge is 0.480 e. The molecule has 2 saturated carbocycles. The molecule has 0 unspecified atom stereocenters. The zero-order chi connectivity index (χ0) is 25.1. The molecule has 1 amide bonds. The standard InChI is InChI=1S/C28H34ClN3O4/c29-23-16-30-15-22(18-6-7-18)26(23)27(33)32-25(28(34)35)11-12-36-21-13-17(14-21)5-9-20-10-8-19-3-1-2-4-24(19)31-20/h8,10,15-18,21,25H,1-7,9,11-14H2,(H,32,33)(H,34,35)/t17?,21?,25-/m0/s1. The first-order valence-corrected chi connectivity index (χ1v) is 13.6. The van der Waals surface area contributed by atoms with Gasteiger partial charge in [0.25, 0.3) is 5.91 Å². The number of carboxylic acids is 1. The van der Waals surface area contributed by atoms with Gasteiger partial charge >= 0.3 is 5.97 Å². The Morgan fingerprint density at radius 3 is 2.75 bits per heavy atom. The van der Waals surface area contributed by atoms with E-state index in [9.17, 15) is 14.7 Å². The monoisotopic (exact) mass is 511 g/mol. The van der Waals surface area contributed by atoms with E-state index in [0.29, 0.717) is 18.1 Å². The number of rotatable bonds is 11. The fourth-order valence-electron chi connectivity index (χ4n) is 5.40. The zero-order valence-electron chi connectivity index (χ0n) is 20.5. The molecular weight excluding hydrogens is 478 g/mol. The van der Waals surface area contributed by atoms with Crippen molar-refractivity contribution in [3.8, 4) is 0 Å². The second-order valence-electron chi connectivity index (χ2n) is 10.5. The lowest BCUT2D eigenvalue weighted by molar-refractivity contribution is -0.140. The fraction of sp³-hybridized carbons (Fsp3) is 0.571. The van der Waals surface area contributed by atoms with Crippen molar-refractivity contribution in [3.05, 3.63) is 57.6 Å². The van der Waals surface area contributed by atoms with Gasteiger partial charge in [-0.1, -0.05) is 17.7 Å². The van der Waals surface area contributed by atoms with Gasteiger partial charge < -0.3 is 15.2 Å². The number of aryl methyl sites for hydroxylation is 3. The molecule has 0 saturated heterocycles. The minimum atomic E-state index is -1.07. The number of nitrogens with one attached hydrogen (secondary N) is 1. The van der Waals surface area contributed by atoms with E-state index in [4.69, 9.17) is 21.3 Å². The van der Waals surface area contributed by atoms with Crippen LogP contribution in [0.2, 0.25) is 5.02 Å². The summed E-state index contributed by atoms with van der Waals surface area (Å²) in [6.45, 7) is 0.292. The summed E-state index contributed by atoms with van der Waals surface area (Å²) in [5, 5.41) is 12.5. The summed E-state index contributed by atoms with van der Waals surface area (Å²) in [6.07, 6.45) is 14.3. The third kappa shape index (κ3) is 6.06. The number of amides is 1. The third-order valence-corrected chi connectivity index (χ3v) is 8.06. The Hall–Kier alpha value is -2.51. The Balaban J connectivity index is 1.04. The Morgan fingerprint density at radius 2 is 1.97 bits per heavy atom. The van der Waals surface area contributed by atoms with E-state index in [-0.39, 0.29) is 23.5 Å². The summed E-state index contributed by atoms with van der Waals surface area (Å²) in [6, 6.07) is 3.42. The Morgan fingerprint density at radius 1 is 1.17 bits per heavy atom. The van der Waals surface area contributed by atoms with Crippen molar-refractivity contribution in [1.82, 2.24) is 15.3 Å². The maximum Gasteiger partial charge on any atom is 0.326 e. The average molecular weight is 512 g/mol. The van der Waals surface area contributed by atoms with E-state index in [2.05, 4.69) is 22.4 Å². The molecule has 192 valence electrons. The van der Waals surface area contributed by atoms with Gasteiger partial charge in [-0.2, -0.15) is 0 Å². The number of nitrogens with zero attached hydrogens (tertiary/aromatic N) is 2. The van der Waals surface area contributed by atoms with Crippen molar-refractivity contribution in [2.45, 2.75) is 88.7 Å². The predicted octanol–water partition coefficient (Wildman–Crippen LogP) is 4.89. The van der Waals surface area contributed by atoms with Crippen molar-refractivity contribution in [2.75, 3.05) is 6.61 Å². The molecule has 7 nitrogen and oxygen atoms in total. The number of carbonyl (C=O) groups is 2. The van der Waals surface area contributed by atoms with E-state index >= 15 is 0 Å². The molecule has 2 aromatic heterocycles. The quantitative estimate of drug-likeness (QED) is 0.445. The first kappa shape index (κ1) is 25.2. The fourth-order valence-corrected chi connectivity index (χ4v) is 5.65. The molecule has 8 heteroatoms. The summed E-state index contributed by atoms with van der Waals surface area (Å²) in [5.41, 5.74) is 5.05. The molecule has 3 aliphatic carbocycles. The summed E-state index contributed by atoms with van der Waals surface area (Å²) in [7, 11) is 0. The highest BCUT2D eigenvalue weighted by atomic mass is 35.5. The van der Waals surface area contributed by atoms with Gasteiger partial charge in [0.15, 0.2) is 0 Å². The normalized spacial score (nSPS) is 21.8. The van der Waals surface area contributed by atoms with E-state index in [0.717, 1.165) is 56.9 Å². The number of pyridine rings is 2. The molecule has 2 N–H and O–H groups in total. The van der Waals surface area contributed by atoms with Crippen molar-refractivity contribution in [1.29, 1.82) is 0 Å². The minimum absolute atomic E-state index is 0.160. The average Bonchev–Trinajstić information content (AvgIpc) is 3.69. The van der Waals surface area contributed by atoms with Crippen LogP contribution in [0.15, 0.2) is 24.5 Å². The second kappa shape index (κ2) is 11.3. The van der Waals surface area contributed by atoms with Crippen LogP contribution in [-0.2, 0) is 28.8 Å². The van der Waals surface area contributed by atoms with Gasteiger partial charge in [0.2, 0.25) is 0 Å². The van der Waals surface area contributed by atoms with Crippen LogP contribution in [-0.4, -0.2) is 45.7 Å². The molecule has 3 aliphatic rings. The molecule has 36 heavy (non-hydrogen) atoms. The highest BCUT2D eigenvalue weighted by Crippen LogP contribution is 2.42. The number of fused-ring (bicyclic) bond motifs is 1. The molecule has 2 fully saturated rings. The van der Waals surface area contributed by atoms with Crippen molar-refractivity contribution in [3.63, 3.8) is 0 Å². The SMILES string of the molecule is O=C(N[C@@H](CCOC1CC(CCc2ccc3c(n2)CCCC3)C1)C(=O)O)c1c(Cl)cncc1C1CC1. The first-order chi connectivity index (χ1) is 17.5.